The van der Waals surface area contributed by atoms with Crippen LogP contribution in [0.1, 0.15) is 20.8 Å². The Morgan fingerprint density at radius 2 is 2.10 bits per heavy atom. The number of nitrogens with zero attached hydrogens (tertiary/aromatic N) is 1. The number of nitrogens with two attached hydrogens (primary N) is 1. The summed E-state index contributed by atoms with van der Waals surface area (Å²) in [6.07, 6.45) is 4.96. The van der Waals surface area contributed by atoms with Gasteiger partial charge in [0.25, 0.3) is 0 Å². The molecule has 0 radical (unpaired) electrons. The van der Waals surface area contributed by atoms with Gasteiger partial charge in [-0.05, 0) is 32.9 Å². The Labute approximate surface area is 119 Å². The third kappa shape index (κ3) is 6.63. The van der Waals surface area contributed by atoms with Crippen LogP contribution in [0.4, 0.5) is 16.3 Å². The first-order valence-corrected chi connectivity index (χ1v) is 6.45. The summed E-state index contributed by atoms with van der Waals surface area (Å²) in [5.41, 5.74) is 5.86. The molecule has 0 spiro atoms. The number of aromatic nitrogens is 1. The SMILES string of the molecule is CC(C)(C)OC(=O)NC/C=C/CNc1ncccc1N. The van der Waals surface area contributed by atoms with E-state index >= 15 is 0 Å². The highest BCUT2D eigenvalue weighted by Crippen LogP contribution is 2.12. The fourth-order valence-electron chi connectivity index (χ4n) is 1.34. The lowest BCUT2D eigenvalue weighted by atomic mass is 10.2. The molecule has 0 aromatic carbocycles. The fraction of sp³-hybridized carbons (Fsp3) is 0.429. The third-order valence-electron chi connectivity index (χ3n) is 2.16. The Balaban J connectivity index is 2.20. The van der Waals surface area contributed by atoms with Gasteiger partial charge < -0.3 is 21.1 Å². The van der Waals surface area contributed by atoms with Crippen LogP contribution in [0.3, 0.4) is 0 Å². The molecule has 1 aromatic rings. The topological polar surface area (TPSA) is 89.3 Å². The molecule has 0 unspecified atom stereocenters. The van der Waals surface area contributed by atoms with Crippen molar-refractivity contribution in [3.05, 3.63) is 30.5 Å². The summed E-state index contributed by atoms with van der Waals surface area (Å²) in [4.78, 5) is 15.5. The number of anilines is 2. The molecule has 0 saturated heterocycles. The van der Waals surface area contributed by atoms with Gasteiger partial charge in [0.05, 0.1) is 5.69 Å². The van der Waals surface area contributed by atoms with Gasteiger partial charge in [-0.2, -0.15) is 0 Å². The van der Waals surface area contributed by atoms with Crippen LogP contribution in [0.25, 0.3) is 0 Å². The molecule has 6 heteroatoms. The predicted molar refractivity (Wildman–Crippen MR) is 80.5 cm³/mol. The summed E-state index contributed by atoms with van der Waals surface area (Å²) in [6, 6.07) is 3.56. The number of alkyl carbamates (subject to hydrolysis) is 1. The lowest BCUT2D eigenvalue weighted by Gasteiger charge is -2.19. The highest BCUT2D eigenvalue weighted by Gasteiger charge is 2.14. The quantitative estimate of drug-likeness (QED) is 0.718. The summed E-state index contributed by atoms with van der Waals surface area (Å²) in [7, 11) is 0. The average molecular weight is 278 g/mol. The Bertz CT molecular complexity index is 466. The molecule has 4 N–H and O–H groups in total. The summed E-state index contributed by atoms with van der Waals surface area (Å²) < 4.78 is 5.10. The van der Waals surface area contributed by atoms with E-state index in [2.05, 4.69) is 15.6 Å². The van der Waals surface area contributed by atoms with E-state index in [0.717, 1.165) is 0 Å². The zero-order chi connectivity index (χ0) is 15.0. The van der Waals surface area contributed by atoms with Crippen molar-refractivity contribution >= 4 is 17.6 Å². The van der Waals surface area contributed by atoms with E-state index in [1.54, 1.807) is 18.3 Å². The second-order valence-electron chi connectivity index (χ2n) is 5.18. The number of nitrogen functional groups attached to an aromatic ring is 1. The number of pyridine rings is 1. The smallest absolute Gasteiger partial charge is 0.407 e. The van der Waals surface area contributed by atoms with Gasteiger partial charge in [-0.15, -0.1) is 0 Å². The molecule has 0 saturated carbocycles. The third-order valence-corrected chi connectivity index (χ3v) is 2.16. The molecule has 6 nitrogen and oxygen atoms in total. The summed E-state index contributed by atoms with van der Waals surface area (Å²) in [6.45, 7) is 6.46. The Morgan fingerprint density at radius 3 is 2.75 bits per heavy atom. The van der Waals surface area contributed by atoms with E-state index in [-0.39, 0.29) is 0 Å². The Kier molecular flexibility index (Phi) is 5.83. The maximum absolute atomic E-state index is 11.3. The lowest BCUT2D eigenvalue weighted by molar-refractivity contribution is 0.0534. The van der Waals surface area contributed by atoms with Crippen LogP contribution >= 0.6 is 0 Å². The number of rotatable bonds is 5. The maximum Gasteiger partial charge on any atom is 0.407 e. The van der Waals surface area contributed by atoms with Gasteiger partial charge in [-0.3, -0.25) is 0 Å². The van der Waals surface area contributed by atoms with E-state index < -0.39 is 11.7 Å². The highest BCUT2D eigenvalue weighted by atomic mass is 16.6. The molecule has 0 fully saturated rings. The maximum atomic E-state index is 11.3. The molecule has 0 aliphatic heterocycles. The van der Waals surface area contributed by atoms with Crippen LogP contribution in [-0.2, 0) is 4.74 Å². The monoisotopic (exact) mass is 278 g/mol. The molecule has 0 bridgehead atoms. The fourth-order valence-corrected chi connectivity index (χ4v) is 1.34. The van der Waals surface area contributed by atoms with Crippen LogP contribution in [0.15, 0.2) is 30.5 Å². The molecular weight excluding hydrogens is 256 g/mol. The Morgan fingerprint density at radius 1 is 1.40 bits per heavy atom. The van der Waals surface area contributed by atoms with Crippen molar-refractivity contribution in [3.63, 3.8) is 0 Å². The van der Waals surface area contributed by atoms with Crippen molar-refractivity contribution < 1.29 is 9.53 Å². The van der Waals surface area contributed by atoms with Crippen LogP contribution in [0.2, 0.25) is 0 Å². The molecule has 0 atom stereocenters. The average Bonchev–Trinajstić information content (AvgIpc) is 2.33. The van der Waals surface area contributed by atoms with Crippen molar-refractivity contribution in [2.24, 2.45) is 0 Å². The van der Waals surface area contributed by atoms with Crippen molar-refractivity contribution in [2.45, 2.75) is 26.4 Å². The number of carbonyl (C=O) groups excluding carboxylic acids is 1. The second-order valence-corrected chi connectivity index (χ2v) is 5.18. The highest BCUT2D eigenvalue weighted by molar-refractivity contribution is 5.67. The first-order chi connectivity index (χ1) is 9.38. The molecule has 1 rings (SSSR count). The van der Waals surface area contributed by atoms with Gasteiger partial charge in [-0.1, -0.05) is 12.2 Å². The normalized spacial score (nSPS) is 11.3. The van der Waals surface area contributed by atoms with Crippen LogP contribution in [0, 0.1) is 0 Å². The van der Waals surface area contributed by atoms with Gasteiger partial charge >= 0.3 is 6.09 Å². The minimum Gasteiger partial charge on any atom is -0.444 e. The van der Waals surface area contributed by atoms with Gasteiger partial charge in [-0.25, -0.2) is 9.78 Å². The van der Waals surface area contributed by atoms with Crippen LogP contribution in [-0.4, -0.2) is 29.8 Å². The minimum atomic E-state index is -0.480. The molecule has 20 heavy (non-hydrogen) atoms. The second kappa shape index (κ2) is 7.37. The molecule has 0 aliphatic rings. The summed E-state index contributed by atoms with van der Waals surface area (Å²) >= 11 is 0. The predicted octanol–water partition coefficient (Wildman–Crippen LogP) is 2.16. The molecular formula is C14H22N4O2. The van der Waals surface area contributed by atoms with Crippen molar-refractivity contribution in [1.82, 2.24) is 10.3 Å². The Hall–Kier alpha value is -2.24. The van der Waals surface area contributed by atoms with Gasteiger partial charge in [0.15, 0.2) is 0 Å². The molecule has 1 heterocycles. The minimum absolute atomic E-state index is 0.411. The van der Waals surface area contributed by atoms with E-state index in [1.807, 2.05) is 32.9 Å². The molecule has 1 aromatic heterocycles. The molecule has 0 aliphatic carbocycles. The molecule has 110 valence electrons. The van der Waals surface area contributed by atoms with Gasteiger partial charge in [0, 0.05) is 19.3 Å². The van der Waals surface area contributed by atoms with Crippen LogP contribution in [0.5, 0.6) is 0 Å². The number of nitrogens with one attached hydrogen (secondary N) is 2. The van der Waals surface area contributed by atoms with E-state index in [0.29, 0.717) is 24.6 Å². The number of carbonyl (C=O) groups is 1. The van der Waals surface area contributed by atoms with Crippen molar-refractivity contribution in [3.8, 4) is 0 Å². The number of hydrogen-bond donors (Lipinski definition) is 3. The lowest BCUT2D eigenvalue weighted by Crippen LogP contribution is -2.32. The van der Waals surface area contributed by atoms with E-state index in [1.165, 1.54) is 0 Å². The number of hydrogen-bond acceptors (Lipinski definition) is 5. The van der Waals surface area contributed by atoms with E-state index in [9.17, 15) is 4.79 Å². The summed E-state index contributed by atoms with van der Waals surface area (Å²) in [5, 5.41) is 5.71. The zero-order valence-corrected chi connectivity index (χ0v) is 12.1. The van der Waals surface area contributed by atoms with Gasteiger partial charge in [0.2, 0.25) is 0 Å². The first kappa shape index (κ1) is 15.8. The van der Waals surface area contributed by atoms with Crippen LogP contribution < -0.4 is 16.4 Å². The number of amides is 1. The van der Waals surface area contributed by atoms with E-state index in [4.69, 9.17) is 10.5 Å². The van der Waals surface area contributed by atoms with Gasteiger partial charge in [0.1, 0.15) is 11.4 Å². The summed E-state index contributed by atoms with van der Waals surface area (Å²) in [5.74, 6) is 0.650. The standard InChI is InChI=1S/C14H22N4O2/c1-14(2,3)20-13(19)18-9-5-4-8-16-12-11(15)7-6-10-17-12/h4-7,10H,8-9,15H2,1-3H3,(H,16,17)(H,18,19)/b5-4+. The van der Waals surface area contributed by atoms with Crippen molar-refractivity contribution in [1.29, 1.82) is 0 Å². The largest absolute Gasteiger partial charge is 0.444 e. The van der Waals surface area contributed by atoms with Crippen molar-refractivity contribution in [2.75, 3.05) is 24.1 Å². The zero-order valence-electron chi connectivity index (χ0n) is 12.1. The molecule has 1 amide bonds. The number of ether oxygens (including phenoxy) is 1. The first-order valence-electron chi connectivity index (χ1n) is 6.45.